The summed E-state index contributed by atoms with van der Waals surface area (Å²) < 4.78 is 2.56. The molecule has 0 saturated carbocycles. The lowest BCUT2D eigenvalue weighted by atomic mass is 10.0. The molecule has 0 aromatic heterocycles. The fourth-order valence-corrected chi connectivity index (χ4v) is 6.23. The highest BCUT2D eigenvalue weighted by Crippen LogP contribution is 2.16. The molecule has 1 N–H and O–H groups in total. The maximum atomic E-state index is 12.2. The second-order valence-electron chi connectivity index (χ2n) is 13.0. The van der Waals surface area contributed by atoms with Crippen molar-refractivity contribution in [2.24, 2.45) is 0 Å². The van der Waals surface area contributed by atoms with Crippen LogP contribution in [0.5, 0.6) is 0 Å². The van der Waals surface area contributed by atoms with E-state index < -0.39 is 0 Å². The number of amides is 2. The van der Waals surface area contributed by atoms with Gasteiger partial charge in [0.05, 0.1) is 0 Å². The predicted octanol–water partition coefficient (Wildman–Crippen LogP) is 13.4. The molecule has 0 spiro atoms. The minimum atomic E-state index is -0.0183. The first kappa shape index (κ1) is 40.6. The second kappa shape index (κ2) is 35.8. The molecule has 2 amide bonds. The van der Waals surface area contributed by atoms with Crippen molar-refractivity contribution in [1.82, 2.24) is 9.62 Å². The molecule has 0 unspecified atom stereocenters. The van der Waals surface area contributed by atoms with Crippen LogP contribution in [0.25, 0.3) is 0 Å². The molecule has 0 rings (SSSR count). The topological polar surface area (TPSA) is 32.3 Å². The van der Waals surface area contributed by atoms with Crippen molar-refractivity contribution in [3.63, 3.8) is 0 Å². The van der Waals surface area contributed by atoms with Gasteiger partial charge in [-0.3, -0.25) is 4.72 Å². The van der Waals surface area contributed by atoms with Crippen molar-refractivity contribution in [3.8, 4) is 0 Å². The van der Waals surface area contributed by atoms with E-state index >= 15 is 0 Å². The van der Waals surface area contributed by atoms with Crippen molar-refractivity contribution in [1.29, 1.82) is 0 Å². The van der Waals surface area contributed by atoms with Crippen LogP contribution in [-0.4, -0.2) is 24.0 Å². The zero-order chi connectivity index (χ0) is 29.9. The van der Waals surface area contributed by atoms with E-state index in [2.05, 4.69) is 31.4 Å². The number of thiol groups is 1. The summed E-state index contributed by atoms with van der Waals surface area (Å²) in [5, 5.41) is 0. The van der Waals surface area contributed by atoms with Gasteiger partial charge in [0.2, 0.25) is 0 Å². The molecule has 3 nitrogen and oxygen atoms in total. The summed E-state index contributed by atoms with van der Waals surface area (Å²) in [7, 11) is 0. The number of rotatable bonds is 34. The number of carbonyl (C=O) groups excluding carboxylic acids is 1. The van der Waals surface area contributed by atoms with Gasteiger partial charge in [-0.1, -0.05) is 219 Å². The zero-order valence-electron chi connectivity index (χ0n) is 28.3. The predicted molar refractivity (Wildman–Crippen MR) is 188 cm³/mol. The largest absolute Gasteiger partial charge is 0.327 e. The van der Waals surface area contributed by atoms with Gasteiger partial charge in [0, 0.05) is 13.1 Å². The third kappa shape index (κ3) is 32.4. The molecule has 0 bridgehead atoms. The molecule has 0 aromatic carbocycles. The first-order chi connectivity index (χ1) is 20.3. The molecule has 0 aliphatic carbocycles. The Balaban J connectivity index is 3.48. The van der Waals surface area contributed by atoms with Gasteiger partial charge < -0.3 is 4.90 Å². The Labute approximate surface area is 265 Å². The Morgan fingerprint density at radius 2 is 0.585 bits per heavy atom. The van der Waals surface area contributed by atoms with E-state index in [-0.39, 0.29) is 6.03 Å². The van der Waals surface area contributed by atoms with Gasteiger partial charge in [-0.25, -0.2) is 4.79 Å². The van der Waals surface area contributed by atoms with Crippen LogP contribution < -0.4 is 4.72 Å². The van der Waals surface area contributed by atoms with E-state index in [0.717, 1.165) is 25.9 Å². The summed E-state index contributed by atoms with van der Waals surface area (Å²) >= 11 is 4.02. The van der Waals surface area contributed by atoms with Gasteiger partial charge in [-0.2, -0.15) is 0 Å². The third-order valence-electron chi connectivity index (χ3n) is 8.95. The minimum absolute atomic E-state index is 0.0183. The molecular weight excluding hydrogens is 520 g/mol. The van der Waals surface area contributed by atoms with Crippen LogP contribution in [0.2, 0.25) is 0 Å². The number of nitrogens with zero attached hydrogens (tertiary/aromatic N) is 1. The molecular formula is C37H76N2OS. The highest BCUT2D eigenvalue weighted by Gasteiger charge is 2.11. The normalized spacial score (nSPS) is 11.3. The molecule has 0 aliphatic rings. The molecule has 0 saturated heterocycles. The van der Waals surface area contributed by atoms with Crippen molar-refractivity contribution in [2.45, 2.75) is 219 Å². The lowest BCUT2D eigenvalue weighted by Gasteiger charge is -2.21. The lowest BCUT2D eigenvalue weighted by Crippen LogP contribution is -2.37. The minimum Gasteiger partial charge on any atom is -0.324 e. The van der Waals surface area contributed by atoms with Crippen molar-refractivity contribution in [3.05, 3.63) is 0 Å². The van der Waals surface area contributed by atoms with Crippen molar-refractivity contribution < 1.29 is 4.79 Å². The molecule has 4 heteroatoms. The maximum absolute atomic E-state index is 12.2. The van der Waals surface area contributed by atoms with E-state index in [1.165, 1.54) is 193 Å². The van der Waals surface area contributed by atoms with Crippen LogP contribution >= 0.6 is 12.8 Å². The summed E-state index contributed by atoms with van der Waals surface area (Å²) in [6.07, 6.45) is 44.3. The fourth-order valence-electron chi connectivity index (χ4n) is 6.09. The summed E-state index contributed by atoms with van der Waals surface area (Å²) in [6, 6.07) is -0.0183. The Kier molecular flexibility index (Phi) is 35.5. The molecule has 41 heavy (non-hydrogen) atoms. The second-order valence-corrected chi connectivity index (χ2v) is 13.2. The van der Waals surface area contributed by atoms with Crippen LogP contribution in [-0.2, 0) is 0 Å². The van der Waals surface area contributed by atoms with E-state index in [4.69, 9.17) is 0 Å². The van der Waals surface area contributed by atoms with E-state index in [1.54, 1.807) is 0 Å². The van der Waals surface area contributed by atoms with Gasteiger partial charge in [0.1, 0.15) is 0 Å². The molecule has 0 aliphatic heterocycles. The monoisotopic (exact) mass is 597 g/mol. The van der Waals surface area contributed by atoms with Crippen LogP contribution in [0.3, 0.4) is 0 Å². The fraction of sp³-hybridized carbons (Fsp3) is 0.973. The average molecular weight is 597 g/mol. The zero-order valence-corrected chi connectivity index (χ0v) is 29.2. The highest BCUT2D eigenvalue weighted by atomic mass is 32.1. The maximum Gasteiger partial charge on any atom is 0.327 e. The Morgan fingerprint density at radius 1 is 0.390 bits per heavy atom. The number of urea groups is 1. The molecule has 0 atom stereocenters. The molecule has 0 aromatic rings. The molecule has 0 heterocycles. The number of nitrogens with one attached hydrogen (secondary N) is 1. The number of hydrogen-bond acceptors (Lipinski definition) is 2. The van der Waals surface area contributed by atoms with E-state index in [9.17, 15) is 4.79 Å². The van der Waals surface area contributed by atoms with E-state index in [0.29, 0.717) is 0 Å². The van der Waals surface area contributed by atoms with Crippen molar-refractivity contribution in [2.75, 3.05) is 13.1 Å². The number of unbranched alkanes of at least 4 members (excludes halogenated alkanes) is 30. The van der Waals surface area contributed by atoms with Crippen molar-refractivity contribution >= 4 is 18.8 Å². The van der Waals surface area contributed by atoms with Crippen LogP contribution in [0.15, 0.2) is 0 Å². The average Bonchev–Trinajstić information content (AvgIpc) is 2.99. The van der Waals surface area contributed by atoms with E-state index in [1.807, 2.05) is 4.90 Å². The SMILES string of the molecule is CCCCCCCCCCCCCCCCCCN(CCCCCCCCCCCCCCCCCC)C(=O)NS. The summed E-state index contributed by atoms with van der Waals surface area (Å²) in [6.45, 7) is 6.34. The van der Waals surface area contributed by atoms with Crippen LogP contribution in [0.4, 0.5) is 4.79 Å². The van der Waals surface area contributed by atoms with Gasteiger partial charge in [-0.15, -0.1) is 0 Å². The summed E-state index contributed by atoms with van der Waals surface area (Å²) in [5.41, 5.74) is 0. The Morgan fingerprint density at radius 3 is 0.780 bits per heavy atom. The number of carbonyl (C=O) groups is 1. The summed E-state index contributed by atoms with van der Waals surface area (Å²) in [5.74, 6) is 0. The van der Waals surface area contributed by atoms with Crippen LogP contribution in [0.1, 0.15) is 219 Å². The van der Waals surface area contributed by atoms with Gasteiger partial charge >= 0.3 is 6.03 Å². The molecule has 0 radical (unpaired) electrons. The van der Waals surface area contributed by atoms with Gasteiger partial charge in [-0.05, 0) is 12.8 Å². The third-order valence-corrected chi connectivity index (χ3v) is 9.14. The van der Waals surface area contributed by atoms with Gasteiger partial charge in [0.15, 0.2) is 0 Å². The molecule has 0 fully saturated rings. The lowest BCUT2D eigenvalue weighted by molar-refractivity contribution is 0.202. The first-order valence-electron chi connectivity index (χ1n) is 18.9. The standard InChI is InChI=1S/C37H76N2OS/c1-3-5-7-9-11-13-15-17-19-21-23-25-27-29-31-33-35-39(37(40)38-41)36-34-32-30-28-26-24-22-20-18-16-14-12-10-8-6-4-2/h41H,3-36H2,1-2H3,(H,38,40). The summed E-state index contributed by atoms with van der Waals surface area (Å²) in [4.78, 5) is 14.2. The highest BCUT2D eigenvalue weighted by molar-refractivity contribution is 7.78. The smallest absolute Gasteiger partial charge is 0.324 e. The quantitative estimate of drug-likeness (QED) is 0.0562. The Hall–Kier alpha value is -0.380. The van der Waals surface area contributed by atoms with Gasteiger partial charge in [0.25, 0.3) is 0 Å². The first-order valence-corrected chi connectivity index (χ1v) is 19.4. The number of hydrogen-bond donors (Lipinski definition) is 2. The Bertz CT molecular complexity index is 465. The molecule has 246 valence electrons. The van der Waals surface area contributed by atoms with Crippen LogP contribution in [0, 0.1) is 0 Å².